The molecule has 0 heterocycles. The molecule has 8 heteroatoms. The summed E-state index contributed by atoms with van der Waals surface area (Å²) in [5.74, 6) is 1.36. The predicted octanol–water partition coefficient (Wildman–Crippen LogP) is 7.12. The van der Waals surface area contributed by atoms with Crippen LogP contribution in [0, 0.1) is 27.7 Å². The molecule has 0 aliphatic carbocycles. The molecule has 4 aromatic carbocycles. The lowest BCUT2D eigenvalue weighted by molar-refractivity contribution is -0.140. The second-order valence-corrected chi connectivity index (χ2v) is 11.4. The summed E-state index contributed by atoms with van der Waals surface area (Å²) in [5, 5.41) is 0. The highest BCUT2D eigenvalue weighted by molar-refractivity contribution is 7.85. The molecule has 0 N–H and O–H groups in total. The van der Waals surface area contributed by atoms with Crippen LogP contribution in [0.25, 0.3) is 11.1 Å². The van der Waals surface area contributed by atoms with Crippen molar-refractivity contribution in [1.82, 2.24) is 0 Å². The number of aryl methyl sites for hydroxylation is 3. The summed E-state index contributed by atoms with van der Waals surface area (Å²) in [6.07, 6.45) is 0. The number of rotatable bonds is 12. The average Bonchev–Trinajstić information content (AvgIpc) is 2.99. The zero-order valence-electron chi connectivity index (χ0n) is 24.8. The van der Waals surface area contributed by atoms with Crippen molar-refractivity contribution in [1.29, 1.82) is 0 Å². The number of benzene rings is 4. The van der Waals surface area contributed by atoms with Crippen LogP contribution in [-0.4, -0.2) is 44.2 Å². The Morgan fingerprint density at radius 2 is 1.26 bits per heavy atom. The van der Waals surface area contributed by atoms with E-state index in [-0.39, 0.29) is 19.0 Å². The molecule has 0 aliphatic rings. The lowest BCUT2D eigenvalue weighted by Gasteiger charge is -2.17. The van der Waals surface area contributed by atoms with Crippen LogP contribution in [0.15, 0.2) is 82.6 Å². The molecule has 0 amide bonds. The summed E-state index contributed by atoms with van der Waals surface area (Å²) in [6, 6.07) is 22.2. The van der Waals surface area contributed by atoms with Gasteiger partial charge in [-0.1, -0.05) is 12.1 Å². The first-order chi connectivity index (χ1) is 20.2. The molecule has 0 saturated heterocycles. The minimum absolute atomic E-state index is 0.222. The molecule has 220 valence electrons. The number of hydrogen-bond donors (Lipinski definition) is 0. The molecule has 42 heavy (non-hydrogen) atoms. The van der Waals surface area contributed by atoms with E-state index >= 15 is 0 Å². The highest BCUT2D eigenvalue weighted by Gasteiger charge is 2.18. The minimum atomic E-state index is -1.37. The van der Waals surface area contributed by atoms with Gasteiger partial charge in [0.2, 0.25) is 0 Å². The van der Waals surface area contributed by atoms with Crippen molar-refractivity contribution in [3.63, 3.8) is 0 Å². The summed E-state index contributed by atoms with van der Waals surface area (Å²) in [5.41, 5.74) is 6.31. The summed E-state index contributed by atoms with van der Waals surface area (Å²) >= 11 is 0. The summed E-state index contributed by atoms with van der Waals surface area (Å²) in [6.45, 7) is 8.61. The molecule has 0 fully saturated rings. The minimum Gasteiger partial charge on any atom is -0.497 e. The van der Waals surface area contributed by atoms with Crippen LogP contribution in [0.4, 0.5) is 0 Å². The maximum atomic E-state index is 13.1. The van der Waals surface area contributed by atoms with Gasteiger partial charge in [-0.15, -0.1) is 0 Å². The smallest absolute Gasteiger partial charge is 0.337 e. The van der Waals surface area contributed by atoms with Crippen LogP contribution < -0.4 is 14.2 Å². The molecule has 1 unspecified atom stereocenters. The third-order valence-corrected chi connectivity index (χ3v) is 8.31. The van der Waals surface area contributed by atoms with Crippen LogP contribution in [0.3, 0.4) is 0 Å². The SMILES string of the molecule is COCCOCC(=O)Oc1cc(-c2cc(C)c(C)c(C)c2)cc(C)c1Oc1ccc(S(=O)c2ccc(OC)cc2)cc1. The van der Waals surface area contributed by atoms with Gasteiger partial charge in [-0.25, -0.2) is 9.00 Å². The second-order valence-electron chi connectivity index (χ2n) is 9.89. The van der Waals surface area contributed by atoms with Gasteiger partial charge in [0.15, 0.2) is 11.5 Å². The second kappa shape index (κ2) is 14.3. The van der Waals surface area contributed by atoms with Gasteiger partial charge in [0.05, 0.1) is 31.1 Å². The molecule has 0 saturated carbocycles. The fraction of sp³-hybridized carbons (Fsp3) is 0.265. The Morgan fingerprint density at radius 3 is 1.83 bits per heavy atom. The lowest BCUT2D eigenvalue weighted by atomic mass is 9.95. The number of hydrogen-bond acceptors (Lipinski definition) is 7. The molecule has 0 aromatic heterocycles. The van der Waals surface area contributed by atoms with Crippen molar-refractivity contribution in [2.24, 2.45) is 0 Å². The first kappa shape index (κ1) is 31.0. The Balaban J connectivity index is 1.62. The van der Waals surface area contributed by atoms with E-state index in [9.17, 15) is 9.00 Å². The van der Waals surface area contributed by atoms with Crippen molar-refractivity contribution >= 4 is 16.8 Å². The van der Waals surface area contributed by atoms with E-state index in [2.05, 4.69) is 32.9 Å². The van der Waals surface area contributed by atoms with E-state index in [1.54, 1.807) is 62.8 Å². The largest absolute Gasteiger partial charge is 0.497 e. The first-order valence-electron chi connectivity index (χ1n) is 13.5. The van der Waals surface area contributed by atoms with Crippen LogP contribution in [0.2, 0.25) is 0 Å². The third kappa shape index (κ3) is 7.64. The quantitative estimate of drug-likeness (QED) is 0.0990. The maximum absolute atomic E-state index is 13.1. The molecule has 4 rings (SSSR count). The normalized spacial score (nSPS) is 11.7. The monoisotopic (exact) mass is 588 g/mol. The van der Waals surface area contributed by atoms with Gasteiger partial charge in [0, 0.05) is 16.9 Å². The standard InChI is InChI=1S/C34H36O7S/c1-22-17-26(18-23(2)25(22)4)27-19-24(3)34(32(20-27)41-33(35)21-39-16-15-37-5)40-29-9-13-31(14-10-29)42(36)30-11-7-28(38-6)8-12-30/h7-14,17-20H,15-16,21H2,1-6H3. The fourth-order valence-corrected chi connectivity index (χ4v) is 5.39. The summed E-state index contributed by atoms with van der Waals surface area (Å²) in [7, 11) is 1.79. The zero-order chi connectivity index (χ0) is 30.2. The molecule has 0 radical (unpaired) electrons. The van der Waals surface area contributed by atoms with Crippen molar-refractivity contribution in [3.05, 3.63) is 95.1 Å². The van der Waals surface area contributed by atoms with Gasteiger partial charge in [-0.05, 0) is 122 Å². The summed E-state index contributed by atoms with van der Waals surface area (Å²) in [4.78, 5) is 14.0. The van der Waals surface area contributed by atoms with E-state index in [1.807, 2.05) is 19.1 Å². The molecular formula is C34H36O7S. The van der Waals surface area contributed by atoms with Gasteiger partial charge in [-0.3, -0.25) is 0 Å². The van der Waals surface area contributed by atoms with E-state index in [0.29, 0.717) is 33.6 Å². The van der Waals surface area contributed by atoms with Gasteiger partial charge >= 0.3 is 5.97 Å². The molecule has 7 nitrogen and oxygen atoms in total. The zero-order valence-corrected chi connectivity index (χ0v) is 25.6. The topological polar surface area (TPSA) is 80.3 Å². The average molecular weight is 589 g/mol. The molecule has 0 spiro atoms. The Morgan fingerprint density at radius 1 is 0.714 bits per heavy atom. The Bertz CT molecular complexity index is 1540. The van der Waals surface area contributed by atoms with Gasteiger partial charge in [-0.2, -0.15) is 0 Å². The van der Waals surface area contributed by atoms with Crippen molar-refractivity contribution in [2.45, 2.75) is 37.5 Å². The number of ether oxygens (including phenoxy) is 5. The maximum Gasteiger partial charge on any atom is 0.337 e. The first-order valence-corrected chi connectivity index (χ1v) is 14.7. The lowest BCUT2D eigenvalue weighted by Crippen LogP contribution is -2.17. The van der Waals surface area contributed by atoms with Gasteiger partial charge in [0.1, 0.15) is 18.1 Å². The highest BCUT2D eigenvalue weighted by Crippen LogP contribution is 2.40. The summed E-state index contributed by atoms with van der Waals surface area (Å²) < 4.78 is 40.6. The van der Waals surface area contributed by atoms with Crippen LogP contribution in [0.5, 0.6) is 23.0 Å². The third-order valence-electron chi connectivity index (χ3n) is 6.91. The molecule has 1 atom stereocenters. The molecule has 4 aromatic rings. The van der Waals surface area contributed by atoms with Crippen molar-refractivity contribution < 1.29 is 32.7 Å². The molecule has 0 bridgehead atoms. The van der Waals surface area contributed by atoms with Gasteiger partial charge in [0.25, 0.3) is 0 Å². The van der Waals surface area contributed by atoms with Crippen molar-refractivity contribution in [3.8, 4) is 34.1 Å². The Hall–Kier alpha value is -3.98. The van der Waals surface area contributed by atoms with Crippen LogP contribution in [0.1, 0.15) is 22.3 Å². The Labute approximate surface area is 249 Å². The van der Waals surface area contributed by atoms with Gasteiger partial charge < -0.3 is 23.7 Å². The van der Waals surface area contributed by atoms with E-state index in [4.69, 9.17) is 23.7 Å². The highest BCUT2D eigenvalue weighted by atomic mass is 32.2. The number of carbonyl (C=O) groups is 1. The van der Waals surface area contributed by atoms with E-state index in [1.165, 1.54) is 16.7 Å². The fourth-order valence-electron chi connectivity index (χ4n) is 4.35. The number of carbonyl (C=O) groups excluding carboxylic acids is 1. The predicted molar refractivity (Wildman–Crippen MR) is 163 cm³/mol. The van der Waals surface area contributed by atoms with E-state index in [0.717, 1.165) is 16.7 Å². The van der Waals surface area contributed by atoms with E-state index < -0.39 is 16.8 Å². The van der Waals surface area contributed by atoms with Crippen LogP contribution in [-0.2, 0) is 25.1 Å². The molecular weight excluding hydrogens is 552 g/mol. The van der Waals surface area contributed by atoms with Crippen LogP contribution >= 0.6 is 0 Å². The molecule has 0 aliphatic heterocycles. The van der Waals surface area contributed by atoms with Crippen molar-refractivity contribution in [2.75, 3.05) is 34.0 Å². The Kier molecular flexibility index (Phi) is 10.5. The number of esters is 1. The number of methoxy groups -OCH3 is 2.